The number of ether oxygens (including phenoxy) is 1. The fraction of sp³-hybridized carbons (Fsp3) is 0.136. The summed E-state index contributed by atoms with van der Waals surface area (Å²) >= 11 is 0. The molecule has 1 N–H and O–H groups in total. The van der Waals surface area contributed by atoms with Crippen LogP contribution in [0.1, 0.15) is 10.4 Å². The van der Waals surface area contributed by atoms with Crippen LogP contribution in [0.15, 0.2) is 65.7 Å². The van der Waals surface area contributed by atoms with Crippen molar-refractivity contribution in [1.29, 1.82) is 0 Å². The van der Waals surface area contributed by atoms with Crippen molar-refractivity contribution >= 4 is 11.6 Å². The number of rotatable bonds is 6. The molecule has 2 aromatic carbocycles. The topological polar surface area (TPSA) is 78.2 Å². The number of methoxy groups -OCH3 is 1. The molecular formula is C22H18F2N4O3. The first-order valence-corrected chi connectivity index (χ1v) is 9.41. The number of anilines is 1. The lowest BCUT2D eigenvalue weighted by Crippen LogP contribution is -2.19. The number of aromatic nitrogens is 3. The standard InChI is InChI=1S/C22H18F2N4O3/c1-31-10-9-27-12-16(21(29)25-19-8-7-14(23)11-18(19)24)20-17(13-27)22(30)28(26-20)15-5-3-2-4-6-15/h2-8,11-13H,9-10H2,1H3,(H,25,29). The van der Waals surface area contributed by atoms with Gasteiger partial charge in [-0.3, -0.25) is 9.59 Å². The number of carbonyl (C=O) groups is 1. The van der Waals surface area contributed by atoms with Crippen molar-refractivity contribution in [3.8, 4) is 16.9 Å². The van der Waals surface area contributed by atoms with E-state index in [4.69, 9.17) is 4.74 Å². The quantitative estimate of drug-likeness (QED) is 0.515. The second-order valence-electron chi connectivity index (χ2n) is 6.80. The SMILES string of the molecule is COCCn1cc(C(=O)Nc2ccc(F)cc2F)c2nn(-c3ccccc3)c(=O)c-2c1. The van der Waals surface area contributed by atoms with E-state index in [1.807, 2.05) is 6.07 Å². The number of nitrogens with one attached hydrogen (secondary N) is 1. The van der Waals surface area contributed by atoms with E-state index in [-0.39, 0.29) is 22.5 Å². The highest BCUT2D eigenvalue weighted by Gasteiger charge is 2.25. The van der Waals surface area contributed by atoms with Gasteiger partial charge in [0.1, 0.15) is 17.3 Å². The molecule has 2 aromatic rings. The zero-order valence-corrected chi connectivity index (χ0v) is 16.5. The van der Waals surface area contributed by atoms with Gasteiger partial charge >= 0.3 is 0 Å². The van der Waals surface area contributed by atoms with Gasteiger partial charge in [-0.05, 0) is 24.3 Å². The van der Waals surface area contributed by atoms with E-state index in [0.29, 0.717) is 24.9 Å². The van der Waals surface area contributed by atoms with Crippen LogP contribution in [0.4, 0.5) is 14.5 Å². The van der Waals surface area contributed by atoms with Crippen LogP contribution in [0.2, 0.25) is 0 Å². The van der Waals surface area contributed by atoms with Crippen LogP contribution in [0.3, 0.4) is 0 Å². The van der Waals surface area contributed by atoms with Gasteiger partial charge in [-0.1, -0.05) is 18.2 Å². The normalized spacial score (nSPS) is 11.1. The molecule has 1 amide bonds. The smallest absolute Gasteiger partial charge is 0.282 e. The highest BCUT2D eigenvalue weighted by molar-refractivity contribution is 6.08. The van der Waals surface area contributed by atoms with E-state index in [1.54, 1.807) is 35.0 Å². The van der Waals surface area contributed by atoms with Crippen LogP contribution >= 0.6 is 0 Å². The van der Waals surface area contributed by atoms with Gasteiger partial charge in [0.25, 0.3) is 11.5 Å². The Kier molecular flexibility index (Phi) is 5.59. The van der Waals surface area contributed by atoms with E-state index in [9.17, 15) is 18.4 Å². The Morgan fingerprint density at radius 1 is 1.13 bits per heavy atom. The molecule has 0 aromatic heterocycles. The van der Waals surface area contributed by atoms with E-state index in [1.165, 1.54) is 18.0 Å². The minimum absolute atomic E-state index is 0.0732. The average Bonchev–Trinajstić information content (AvgIpc) is 3.10. The van der Waals surface area contributed by atoms with Gasteiger partial charge in [-0.15, -0.1) is 0 Å². The lowest BCUT2D eigenvalue weighted by Gasteiger charge is -2.13. The summed E-state index contributed by atoms with van der Waals surface area (Å²) in [6, 6.07) is 11.6. The molecule has 0 spiro atoms. The highest BCUT2D eigenvalue weighted by Crippen LogP contribution is 2.24. The molecule has 4 rings (SSSR count). The number of carbonyl (C=O) groups excluding carboxylic acids is 1. The Balaban J connectivity index is 1.82. The summed E-state index contributed by atoms with van der Waals surface area (Å²) in [5, 5.41) is 6.77. The summed E-state index contributed by atoms with van der Waals surface area (Å²) in [5.41, 5.74) is 0.438. The Labute approximate surface area is 175 Å². The van der Waals surface area contributed by atoms with Gasteiger partial charge in [0.05, 0.1) is 29.1 Å². The van der Waals surface area contributed by atoms with Gasteiger partial charge < -0.3 is 14.6 Å². The van der Waals surface area contributed by atoms with Crippen molar-refractivity contribution in [2.45, 2.75) is 6.54 Å². The lowest BCUT2D eigenvalue weighted by atomic mass is 10.1. The Morgan fingerprint density at radius 3 is 2.61 bits per heavy atom. The molecule has 0 saturated carbocycles. The second kappa shape index (κ2) is 8.49. The second-order valence-corrected chi connectivity index (χ2v) is 6.80. The Morgan fingerprint density at radius 2 is 1.90 bits per heavy atom. The summed E-state index contributed by atoms with van der Waals surface area (Å²) in [6.07, 6.45) is 3.11. The molecule has 0 unspecified atom stereocenters. The van der Waals surface area contributed by atoms with Gasteiger partial charge in [-0.25, -0.2) is 8.78 Å². The molecular weight excluding hydrogens is 406 g/mol. The molecule has 0 atom stereocenters. The maximum Gasteiger partial charge on any atom is 0.282 e. The van der Waals surface area contributed by atoms with E-state index in [0.717, 1.165) is 12.1 Å². The van der Waals surface area contributed by atoms with Gasteiger partial charge in [0.2, 0.25) is 0 Å². The summed E-state index contributed by atoms with van der Waals surface area (Å²) in [6.45, 7) is 0.735. The molecule has 9 heteroatoms. The van der Waals surface area contributed by atoms with Crippen molar-refractivity contribution in [1.82, 2.24) is 14.3 Å². The largest absolute Gasteiger partial charge is 0.383 e. The number of halogens is 2. The first-order chi connectivity index (χ1) is 15.0. The van der Waals surface area contributed by atoms with Crippen molar-refractivity contribution in [3.05, 3.63) is 88.5 Å². The van der Waals surface area contributed by atoms with E-state index in [2.05, 4.69) is 10.4 Å². The maximum absolute atomic E-state index is 14.0. The van der Waals surface area contributed by atoms with Crippen molar-refractivity contribution in [3.63, 3.8) is 0 Å². The number of fused-ring (bicyclic) bond motifs is 1. The number of para-hydroxylation sites is 1. The van der Waals surface area contributed by atoms with Crippen LogP contribution in [-0.2, 0) is 11.3 Å². The lowest BCUT2D eigenvalue weighted by molar-refractivity contribution is 0.102. The van der Waals surface area contributed by atoms with Crippen LogP contribution in [-0.4, -0.2) is 34.0 Å². The Bertz CT molecular complexity index is 1270. The number of pyridine rings is 1. The van der Waals surface area contributed by atoms with Crippen molar-refractivity contribution in [2.75, 3.05) is 19.0 Å². The monoisotopic (exact) mass is 424 g/mol. The van der Waals surface area contributed by atoms with Gasteiger partial charge in [0, 0.05) is 32.1 Å². The third kappa shape index (κ3) is 4.08. The number of hydrogen-bond donors (Lipinski definition) is 1. The molecule has 2 aliphatic heterocycles. The van der Waals surface area contributed by atoms with E-state index >= 15 is 0 Å². The van der Waals surface area contributed by atoms with Gasteiger partial charge in [0.15, 0.2) is 0 Å². The first kappa shape index (κ1) is 20.4. The van der Waals surface area contributed by atoms with Gasteiger partial charge in [-0.2, -0.15) is 9.78 Å². The molecule has 0 radical (unpaired) electrons. The van der Waals surface area contributed by atoms with Crippen LogP contribution in [0.5, 0.6) is 0 Å². The zero-order chi connectivity index (χ0) is 22.0. The molecule has 2 heterocycles. The minimum Gasteiger partial charge on any atom is -0.383 e. The highest BCUT2D eigenvalue weighted by atomic mass is 19.1. The summed E-state index contributed by atoms with van der Waals surface area (Å²) < 4.78 is 35.1. The molecule has 0 fully saturated rings. The van der Waals surface area contributed by atoms with E-state index < -0.39 is 23.1 Å². The molecule has 0 bridgehead atoms. The van der Waals surface area contributed by atoms with Crippen molar-refractivity contribution < 1.29 is 18.3 Å². The number of amides is 1. The number of nitrogens with zero attached hydrogens (tertiary/aromatic N) is 3. The molecule has 7 nitrogen and oxygen atoms in total. The van der Waals surface area contributed by atoms with Crippen molar-refractivity contribution in [2.24, 2.45) is 0 Å². The fourth-order valence-corrected chi connectivity index (χ4v) is 3.18. The maximum atomic E-state index is 14.0. The third-order valence-electron chi connectivity index (χ3n) is 4.70. The molecule has 0 saturated heterocycles. The molecule has 158 valence electrons. The predicted octanol–water partition coefficient (Wildman–Crippen LogP) is 3.32. The van der Waals surface area contributed by atoms with Crippen LogP contribution < -0.4 is 10.9 Å². The zero-order valence-electron chi connectivity index (χ0n) is 16.5. The average molecular weight is 424 g/mol. The van der Waals surface area contributed by atoms with Crippen LogP contribution in [0, 0.1) is 11.6 Å². The molecule has 2 aliphatic rings. The Hall–Kier alpha value is -3.85. The fourth-order valence-electron chi connectivity index (χ4n) is 3.18. The minimum atomic E-state index is -0.910. The summed E-state index contributed by atoms with van der Waals surface area (Å²) in [4.78, 5) is 26.0. The predicted molar refractivity (Wildman–Crippen MR) is 111 cm³/mol. The molecule has 31 heavy (non-hydrogen) atoms. The summed E-state index contributed by atoms with van der Waals surface area (Å²) in [7, 11) is 1.54. The molecule has 0 aliphatic carbocycles. The number of hydrogen-bond acceptors (Lipinski definition) is 4. The summed E-state index contributed by atoms with van der Waals surface area (Å²) in [5.74, 6) is -2.35. The first-order valence-electron chi connectivity index (χ1n) is 9.41. The number of benzene rings is 2. The van der Waals surface area contributed by atoms with Crippen LogP contribution in [0.25, 0.3) is 16.9 Å². The third-order valence-corrected chi connectivity index (χ3v) is 4.70.